The molecule has 0 amide bonds. The molecule has 0 radical (unpaired) electrons. The van der Waals surface area contributed by atoms with E-state index < -0.39 is 0 Å². The van der Waals surface area contributed by atoms with Gasteiger partial charge in [-0.2, -0.15) is 0 Å². The van der Waals surface area contributed by atoms with Crippen molar-refractivity contribution in [2.45, 2.75) is 31.3 Å². The molecule has 3 heterocycles. The van der Waals surface area contributed by atoms with Gasteiger partial charge in [-0.15, -0.1) is 20.4 Å². The average Bonchev–Trinajstić information content (AvgIpc) is 3.37. The summed E-state index contributed by atoms with van der Waals surface area (Å²) in [6.07, 6.45) is 0. The number of fused-ring (bicyclic) bond motifs is 3. The number of rotatable bonds is 5. The van der Waals surface area contributed by atoms with E-state index in [1.54, 1.807) is 16.3 Å². The van der Waals surface area contributed by atoms with E-state index in [-0.39, 0.29) is 5.56 Å². The Morgan fingerprint density at radius 1 is 0.968 bits per heavy atom. The second-order valence-corrected chi connectivity index (χ2v) is 8.23. The number of hydrogen-bond acceptors (Lipinski definition) is 6. The molecular formula is C22H21N7OS. The van der Waals surface area contributed by atoms with Gasteiger partial charge < -0.3 is 4.57 Å². The van der Waals surface area contributed by atoms with Gasteiger partial charge in [-0.05, 0) is 31.5 Å². The standard InChI is InChI=1S/C22H21N7OS/c1-4-28-20(30)16-11-7-8-12-17(16)29-18(23-25-21(28)29)13-31-22-26-24-19(27(22)3)15-10-6-5-9-14(15)2/h5-12H,4,13H2,1-3H3. The van der Waals surface area contributed by atoms with Crippen LogP contribution < -0.4 is 5.56 Å². The zero-order valence-electron chi connectivity index (χ0n) is 17.5. The lowest BCUT2D eigenvalue weighted by atomic mass is 10.1. The third kappa shape index (κ3) is 3.12. The Balaban J connectivity index is 1.54. The molecule has 9 heteroatoms. The molecule has 5 aromatic rings. The summed E-state index contributed by atoms with van der Waals surface area (Å²) in [4.78, 5) is 12.8. The molecule has 0 atom stereocenters. The van der Waals surface area contributed by atoms with Crippen LogP contribution in [0.1, 0.15) is 18.3 Å². The van der Waals surface area contributed by atoms with Crippen molar-refractivity contribution in [2.75, 3.05) is 0 Å². The van der Waals surface area contributed by atoms with E-state index >= 15 is 0 Å². The molecule has 0 unspecified atom stereocenters. The van der Waals surface area contributed by atoms with Crippen molar-refractivity contribution < 1.29 is 0 Å². The van der Waals surface area contributed by atoms with Gasteiger partial charge in [0.25, 0.3) is 5.56 Å². The summed E-state index contributed by atoms with van der Waals surface area (Å²) in [5.74, 6) is 2.70. The first-order chi connectivity index (χ1) is 15.1. The topological polar surface area (TPSA) is 82.9 Å². The molecule has 0 saturated heterocycles. The quantitative estimate of drug-likeness (QED) is 0.396. The SMILES string of the molecule is CCn1c(=O)c2ccccc2n2c(CSc3nnc(-c4ccccc4C)n3C)nnc12. The summed E-state index contributed by atoms with van der Waals surface area (Å²) in [6, 6.07) is 15.7. The van der Waals surface area contributed by atoms with Crippen LogP contribution in [0.4, 0.5) is 0 Å². The van der Waals surface area contributed by atoms with Crippen LogP contribution in [0.15, 0.2) is 58.5 Å². The van der Waals surface area contributed by atoms with Crippen molar-refractivity contribution in [3.63, 3.8) is 0 Å². The summed E-state index contributed by atoms with van der Waals surface area (Å²) in [7, 11) is 1.97. The van der Waals surface area contributed by atoms with E-state index in [4.69, 9.17) is 0 Å². The van der Waals surface area contributed by atoms with Crippen LogP contribution in [0, 0.1) is 6.92 Å². The Morgan fingerprint density at radius 3 is 2.55 bits per heavy atom. The van der Waals surface area contributed by atoms with E-state index in [0.717, 1.165) is 33.4 Å². The van der Waals surface area contributed by atoms with Crippen LogP contribution in [0.5, 0.6) is 0 Å². The first kappa shape index (κ1) is 19.5. The minimum Gasteiger partial charge on any atom is -0.305 e. The molecule has 0 aliphatic carbocycles. The van der Waals surface area contributed by atoms with Crippen molar-refractivity contribution >= 4 is 28.4 Å². The fraction of sp³-hybridized carbons (Fsp3) is 0.227. The normalized spacial score (nSPS) is 11.6. The van der Waals surface area contributed by atoms with Gasteiger partial charge in [0.15, 0.2) is 11.0 Å². The molecule has 2 aromatic carbocycles. The average molecular weight is 432 g/mol. The van der Waals surface area contributed by atoms with Crippen molar-refractivity contribution in [1.29, 1.82) is 0 Å². The third-order valence-electron chi connectivity index (χ3n) is 5.44. The lowest BCUT2D eigenvalue weighted by molar-refractivity contribution is 0.735. The van der Waals surface area contributed by atoms with Gasteiger partial charge in [-0.3, -0.25) is 13.8 Å². The summed E-state index contributed by atoms with van der Waals surface area (Å²) in [5.41, 5.74) is 2.98. The Kier molecular flexibility index (Phi) is 4.82. The van der Waals surface area contributed by atoms with Crippen LogP contribution in [0.2, 0.25) is 0 Å². The molecule has 0 saturated carbocycles. The van der Waals surface area contributed by atoms with Gasteiger partial charge in [-0.25, -0.2) is 0 Å². The number of aryl methyl sites for hydroxylation is 2. The third-order valence-corrected chi connectivity index (χ3v) is 6.46. The summed E-state index contributed by atoms with van der Waals surface area (Å²) < 4.78 is 5.62. The zero-order chi connectivity index (χ0) is 21.5. The van der Waals surface area contributed by atoms with Gasteiger partial charge in [0.05, 0.1) is 16.7 Å². The highest BCUT2D eigenvalue weighted by Crippen LogP contribution is 2.27. The molecule has 0 N–H and O–H groups in total. The predicted octanol–water partition coefficient (Wildman–Crippen LogP) is 3.46. The van der Waals surface area contributed by atoms with Gasteiger partial charge in [-0.1, -0.05) is 48.2 Å². The number of benzene rings is 2. The van der Waals surface area contributed by atoms with Crippen LogP contribution in [-0.4, -0.2) is 33.9 Å². The van der Waals surface area contributed by atoms with Crippen LogP contribution in [0.25, 0.3) is 28.1 Å². The highest BCUT2D eigenvalue weighted by atomic mass is 32.2. The molecule has 31 heavy (non-hydrogen) atoms. The molecule has 0 aliphatic heterocycles. The van der Waals surface area contributed by atoms with Crippen LogP contribution in [0.3, 0.4) is 0 Å². The Bertz CT molecular complexity index is 1480. The predicted molar refractivity (Wildman–Crippen MR) is 121 cm³/mol. The summed E-state index contributed by atoms with van der Waals surface area (Å²) in [5, 5.41) is 19.0. The molecule has 5 rings (SSSR count). The van der Waals surface area contributed by atoms with Crippen molar-refractivity contribution in [3.8, 4) is 11.4 Å². The van der Waals surface area contributed by atoms with Gasteiger partial charge >= 0.3 is 0 Å². The van der Waals surface area contributed by atoms with Gasteiger partial charge in [0, 0.05) is 19.2 Å². The van der Waals surface area contributed by atoms with E-state index in [1.807, 2.05) is 59.3 Å². The Hall–Kier alpha value is -3.46. The molecule has 156 valence electrons. The second kappa shape index (κ2) is 7.66. The van der Waals surface area contributed by atoms with Gasteiger partial charge in [0.2, 0.25) is 5.78 Å². The number of hydrogen-bond donors (Lipinski definition) is 0. The first-order valence-corrected chi connectivity index (χ1v) is 11.0. The number of thioether (sulfide) groups is 1. The minimum absolute atomic E-state index is 0.0478. The fourth-order valence-corrected chi connectivity index (χ4v) is 4.64. The second-order valence-electron chi connectivity index (χ2n) is 7.29. The van der Waals surface area contributed by atoms with Crippen molar-refractivity contribution in [3.05, 3.63) is 70.3 Å². The Labute approximate surface area is 182 Å². The lowest BCUT2D eigenvalue weighted by Crippen LogP contribution is -2.22. The van der Waals surface area contributed by atoms with Crippen LogP contribution >= 0.6 is 11.8 Å². The van der Waals surface area contributed by atoms with E-state index in [2.05, 4.69) is 39.5 Å². The van der Waals surface area contributed by atoms with E-state index in [1.165, 1.54) is 0 Å². The van der Waals surface area contributed by atoms with Crippen LogP contribution in [-0.2, 0) is 19.3 Å². The monoisotopic (exact) mass is 431 g/mol. The minimum atomic E-state index is -0.0478. The zero-order valence-corrected chi connectivity index (χ0v) is 18.3. The largest absolute Gasteiger partial charge is 0.305 e. The smallest absolute Gasteiger partial charge is 0.262 e. The molecule has 0 bridgehead atoms. The van der Waals surface area contributed by atoms with Crippen molar-refractivity contribution in [1.82, 2.24) is 33.9 Å². The fourth-order valence-electron chi connectivity index (χ4n) is 3.82. The molecule has 8 nitrogen and oxygen atoms in total. The summed E-state index contributed by atoms with van der Waals surface area (Å²) in [6.45, 7) is 4.53. The highest BCUT2D eigenvalue weighted by molar-refractivity contribution is 7.98. The highest BCUT2D eigenvalue weighted by Gasteiger charge is 2.18. The number of para-hydroxylation sites is 1. The Morgan fingerprint density at radius 2 is 1.74 bits per heavy atom. The molecule has 0 fully saturated rings. The number of aromatic nitrogens is 7. The first-order valence-electron chi connectivity index (χ1n) is 10.0. The van der Waals surface area contributed by atoms with E-state index in [0.29, 0.717) is 23.5 Å². The van der Waals surface area contributed by atoms with E-state index in [9.17, 15) is 4.79 Å². The summed E-state index contributed by atoms with van der Waals surface area (Å²) >= 11 is 1.55. The maximum atomic E-state index is 12.8. The molecule has 3 aromatic heterocycles. The van der Waals surface area contributed by atoms with Crippen molar-refractivity contribution in [2.24, 2.45) is 7.05 Å². The molecule has 0 spiro atoms. The molecule has 0 aliphatic rings. The number of nitrogens with zero attached hydrogens (tertiary/aromatic N) is 7. The molecular weight excluding hydrogens is 410 g/mol. The maximum absolute atomic E-state index is 12.8. The maximum Gasteiger partial charge on any atom is 0.262 e. The van der Waals surface area contributed by atoms with Gasteiger partial charge in [0.1, 0.15) is 5.82 Å². The lowest BCUT2D eigenvalue weighted by Gasteiger charge is -2.09.